The van der Waals surface area contributed by atoms with E-state index in [1.165, 1.54) is 18.5 Å². The molecule has 0 aliphatic carbocycles. The standard InChI is InChI=1S/C17H16FN5O/c18-12-1-2-13-14(8-12)21-10-22-17(13)23-16-7-11(3-4-20-16)15-9-19-5-6-24-15/h1-4,7-8,10,15,19H,5-6,9H2,(H,20,21,22,23). The summed E-state index contributed by atoms with van der Waals surface area (Å²) < 4.78 is 19.1. The van der Waals surface area contributed by atoms with Gasteiger partial charge in [0.2, 0.25) is 0 Å². The number of morpholine rings is 1. The van der Waals surface area contributed by atoms with Gasteiger partial charge in [0.25, 0.3) is 0 Å². The lowest BCUT2D eigenvalue weighted by Gasteiger charge is -2.24. The van der Waals surface area contributed by atoms with Crippen LogP contribution < -0.4 is 10.6 Å². The molecule has 1 aliphatic heterocycles. The van der Waals surface area contributed by atoms with Crippen molar-refractivity contribution in [2.24, 2.45) is 0 Å². The molecule has 6 nitrogen and oxygen atoms in total. The van der Waals surface area contributed by atoms with Gasteiger partial charge in [-0.15, -0.1) is 0 Å². The predicted molar refractivity (Wildman–Crippen MR) is 88.6 cm³/mol. The molecule has 3 aromatic rings. The van der Waals surface area contributed by atoms with Crippen molar-refractivity contribution >= 4 is 22.5 Å². The zero-order valence-corrected chi connectivity index (χ0v) is 12.9. The second kappa shape index (κ2) is 6.46. The monoisotopic (exact) mass is 325 g/mol. The van der Waals surface area contributed by atoms with E-state index in [0.717, 1.165) is 24.0 Å². The summed E-state index contributed by atoms with van der Waals surface area (Å²) in [7, 11) is 0. The number of ether oxygens (including phenoxy) is 1. The lowest BCUT2D eigenvalue weighted by molar-refractivity contribution is 0.0277. The van der Waals surface area contributed by atoms with E-state index < -0.39 is 0 Å². The maximum absolute atomic E-state index is 13.3. The molecule has 122 valence electrons. The Balaban J connectivity index is 1.63. The predicted octanol–water partition coefficient (Wildman–Crippen LogP) is 2.57. The van der Waals surface area contributed by atoms with Crippen LogP contribution in [0.4, 0.5) is 16.0 Å². The summed E-state index contributed by atoms with van der Waals surface area (Å²) in [6.07, 6.45) is 3.15. The van der Waals surface area contributed by atoms with Gasteiger partial charge in [0, 0.05) is 30.7 Å². The molecule has 4 rings (SSSR count). The first-order chi connectivity index (χ1) is 11.8. The second-order valence-corrected chi connectivity index (χ2v) is 5.55. The van der Waals surface area contributed by atoms with E-state index in [1.54, 1.807) is 12.3 Å². The molecular weight excluding hydrogens is 309 g/mol. The summed E-state index contributed by atoms with van der Waals surface area (Å²) in [5.74, 6) is 0.924. The van der Waals surface area contributed by atoms with E-state index in [2.05, 4.69) is 25.6 Å². The molecule has 1 aliphatic rings. The lowest BCUT2D eigenvalue weighted by atomic mass is 10.1. The average Bonchev–Trinajstić information content (AvgIpc) is 2.63. The van der Waals surface area contributed by atoms with Crippen LogP contribution in [0.25, 0.3) is 10.9 Å². The van der Waals surface area contributed by atoms with Gasteiger partial charge in [-0.3, -0.25) is 0 Å². The normalized spacial score (nSPS) is 17.8. The van der Waals surface area contributed by atoms with Crippen molar-refractivity contribution in [2.45, 2.75) is 6.10 Å². The Bertz CT molecular complexity index is 866. The molecule has 3 heterocycles. The third-order valence-electron chi connectivity index (χ3n) is 3.93. The third kappa shape index (κ3) is 3.04. The summed E-state index contributed by atoms with van der Waals surface area (Å²) in [6.45, 7) is 2.34. The molecule has 7 heteroatoms. The van der Waals surface area contributed by atoms with Crippen molar-refractivity contribution in [1.29, 1.82) is 0 Å². The van der Waals surface area contributed by atoms with E-state index in [9.17, 15) is 4.39 Å². The van der Waals surface area contributed by atoms with Crippen LogP contribution in [0.5, 0.6) is 0 Å². The highest BCUT2D eigenvalue weighted by Gasteiger charge is 2.16. The number of benzene rings is 1. The number of pyridine rings is 1. The first-order valence-corrected chi connectivity index (χ1v) is 7.75. The van der Waals surface area contributed by atoms with E-state index in [0.29, 0.717) is 23.8 Å². The zero-order valence-electron chi connectivity index (χ0n) is 12.9. The summed E-state index contributed by atoms with van der Waals surface area (Å²) in [5, 5.41) is 7.23. The van der Waals surface area contributed by atoms with E-state index >= 15 is 0 Å². The van der Waals surface area contributed by atoms with Crippen LogP contribution in [0.15, 0.2) is 42.9 Å². The van der Waals surface area contributed by atoms with Gasteiger partial charge in [0.05, 0.1) is 18.2 Å². The summed E-state index contributed by atoms with van der Waals surface area (Å²) in [4.78, 5) is 12.7. The van der Waals surface area contributed by atoms with Gasteiger partial charge < -0.3 is 15.4 Å². The van der Waals surface area contributed by atoms with Gasteiger partial charge in [-0.05, 0) is 29.8 Å². The highest BCUT2D eigenvalue weighted by molar-refractivity contribution is 5.90. The second-order valence-electron chi connectivity index (χ2n) is 5.55. The summed E-state index contributed by atoms with van der Waals surface area (Å²) in [6, 6.07) is 8.31. The fourth-order valence-corrected chi connectivity index (χ4v) is 2.75. The minimum Gasteiger partial charge on any atom is -0.371 e. The van der Waals surface area contributed by atoms with Crippen molar-refractivity contribution in [2.75, 3.05) is 25.0 Å². The molecule has 24 heavy (non-hydrogen) atoms. The molecule has 0 amide bonds. The number of rotatable bonds is 3. The number of aromatic nitrogens is 3. The van der Waals surface area contributed by atoms with Crippen LogP contribution in [0, 0.1) is 5.82 Å². The highest BCUT2D eigenvalue weighted by Crippen LogP contribution is 2.25. The largest absolute Gasteiger partial charge is 0.371 e. The van der Waals surface area contributed by atoms with Gasteiger partial charge in [-0.1, -0.05) is 0 Å². The SMILES string of the molecule is Fc1ccc2c(Nc3cc(C4CNCCO4)ccn3)ncnc2c1. The number of halogens is 1. The maximum atomic E-state index is 13.3. The molecule has 1 fully saturated rings. The maximum Gasteiger partial charge on any atom is 0.142 e. The van der Waals surface area contributed by atoms with Crippen LogP contribution in [0.1, 0.15) is 11.7 Å². The Labute approximate surface area is 138 Å². The third-order valence-corrected chi connectivity index (χ3v) is 3.93. The van der Waals surface area contributed by atoms with E-state index in [1.807, 2.05) is 12.1 Å². The van der Waals surface area contributed by atoms with Crippen molar-refractivity contribution in [3.8, 4) is 0 Å². The molecule has 1 unspecified atom stereocenters. The first kappa shape index (κ1) is 14.9. The van der Waals surface area contributed by atoms with E-state index in [4.69, 9.17) is 4.74 Å². The molecule has 0 saturated carbocycles. The van der Waals surface area contributed by atoms with Crippen LogP contribution >= 0.6 is 0 Å². The Kier molecular flexibility index (Phi) is 4.02. The number of fused-ring (bicyclic) bond motifs is 1. The Morgan fingerprint density at radius 2 is 2.12 bits per heavy atom. The topological polar surface area (TPSA) is 72.0 Å². The molecule has 1 saturated heterocycles. The number of hydrogen-bond donors (Lipinski definition) is 2. The fourth-order valence-electron chi connectivity index (χ4n) is 2.75. The molecule has 1 atom stereocenters. The summed E-state index contributed by atoms with van der Waals surface area (Å²) in [5.41, 5.74) is 1.59. The number of nitrogens with zero attached hydrogens (tertiary/aromatic N) is 3. The molecular formula is C17H16FN5O. The van der Waals surface area contributed by atoms with Crippen LogP contribution in [-0.4, -0.2) is 34.6 Å². The van der Waals surface area contributed by atoms with Crippen molar-refractivity contribution < 1.29 is 9.13 Å². The van der Waals surface area contributed by atoms with E-state index in [-0.39, 0.29) is 11.9 Å². The molecule has 0 bridgehead atoms. The van der Waals surface area contributed by atoms with Gasteiger partial charge in [-0.2, -0.15) is 0 Å². The molecule has 1 aromatic carbocycles. The minimum atomic E-state index is -0.325. The number of anilines is 2. The fraction of sp³-hybridized carbons (Fsp3) is 0.235. The number of hydrogen-bond acceptors (Lipinski definition) is 6. The average molecular weight is 325 g/mol. The quantitative estimate of drug-likeness (QED) is 0.771. The Morgan fingerprint density at radius 3 is 3.00 bits per heavy atom. The Hall–Kier alpha value is -2.64. The minimum absolute atomic E-state index is 0.0125. The van der Waals surface area contributed by atoms with Crippen molar-refractivity contribution in [1.82, 2.24) is 20.3 Å². The lowest BCUT2D eigenvalue weighted by Crippen LogP contribution is -2.33. The molecule has 2 aromatic heterocycles. The van der Waals surface area contributed by atoms with Crippen LogP contribution in [-0.2, 0) is 4.74 Å². The van der Waals surface area contributed by atoms with Gasteiger partial charge in [0.1, 0.15) is 23.8 Å². The van der Waals surface area contributed by atoms with Gasteiger partial charge in [-0.25, -0.2) is 19.3 Å². The zero-order chi connectivity index (χ0) is 16.4. The van der Waals surface area contributed by atoms with Gasteiger partial charge >= 0.3 is 0 Å². The van der Waals surface area contributed by atoms with Crippen molar-refractivity contribution in [3.05, 3.63) is 54.2 Å². The highest BCUT2D eigenvalue weighted by atomic mass is 19.1. The smallest absolute Gasteiger partial charge is 0.142 e. The van der Waals surface area contributed by atoms with Crippen molar-refractivity contribution in [3.63, 3.8) is 0 Å². The first-order valence-electron chi connectivity index (χ1n) is 7.75. The molecule has 2 N–H and O–H groups in total. The van der Waals surface area contributed by atoms with Crippen LogP contribution in [0.3, 0.4) is 0 Å². The molecule has 0 spiro atoms. The van der Waals surface area contributed by atoms with Gasteiger partial charge in [0.15, 0.2) is 0 Å². The molecule has 0 radical (unpaired) electrons. The Morgan fingerprint density at radius 1 is 1.17 bits per heavy atom. The number of nitrogens with one attached hydrogen (secondary N) is 2. The summed E-state index contributed by atoms with van der Waals surface area (Å²) >= 11 is 0. The van der Waals surface area contributed by atoms with Crippen LogP contribution in [0.2, 0.25) is 0 Å².